The van der Waals surface area contributed by atoms with Crippen molar-refractivity contribution in [3.05, 3.63) is 76.5 Å². The van der Waals surface area contributed by atoms with Crippen molar-refractivity contribution >= 4 is 11.9 Å². The molecule has 3 aromatic rings. The van der Waals surface area contributed by atoms with Crippen molar-refractivity contribution in [2.75, 3.05) is 19.6 Å². The summed E-state index contributed by atoms with van der Waals surface area (Å²) in [6.45, 7) is 4.30. The van der Waals surface area contributed by atoms with Gasteiger partial charge in [0.05, 0.1) is 11.7 Å². The molecule has 5 rings (SSSR count). The highest BCUT2D eigenvalue weighted by atomic mass is 16.5. The highest BCUT2D eigenvalue weighted by Gasteiger charge is 2.27. The van der Waals surface area contributed by atoms with E-state index in [2.05, 4.69) is 15.4 Å². The number of cyclic esters (lactones) is 1. The third-order valence-electron chi connectivity index (χ3n) is 6.80. The summed E-state index contributed by atoms with van der Waals surface area (Å²) in [6.07, 6.45) is 2.52. The molecule has 0 aliphatic carbocycles. The van der Waals surface area contributed by atoms with Gasteiger partial charge < -0.3 is 24.6 Å². The number of carbonyl (C=O) groups excluding carboxylic acids is 2. The van der Waals surface area contributed by atoms with Gasteiger partial charge in [-0.15, -0.1) is 0 Å². The number of ether oxygens (including phenoxy) is 1. The first-order chi connectivity index (χ1) is 16.5. The van der Waals surface area contributed by atoms with Gasteiger partial charge in [0.1, 0.15) is 18.6 Å². The minimum atomic E-state index is -0.643. The SMILES string of the molecule is Cc1c(C(O)CN2CCC(NC(=O)c3ccc(-c4ccon4)cc3)CC2)ccc2c1COC2=O. The predicted molar refractivity (Wildman–Crippen MR) is 124 cm³/mol. The zero-order valence-corrected chi connectivity index (χ0v) is 19.0. The van der Waals surface area contributed by atoms with Crippen LogP contribution < -0.4 is 5.32 Å². The summed E-state index contributed by atoms with van der Waals surface area (Å²) in [5.74, 6) is -0.384. The van der Waals surface area contributed by atoms with Crippen LogP contribution in [0.1, 0.15) is 56.4 Å². The van der Waals surface area contributed by atoms with Gasteiger partial charge >= 0.3 is 5.97 Å². The Morgan fingerprint density at radius 2 is 1.94 bits per heavy atom. The summed E-state index contributed by atoms with van der Waals surface area (Å²) in [4.78, 5) is 26.6. The Hall–Kier alpha value is -3.49. The number of piperidine rings is 1. The molecule has 0 spiro atoms. The minimum Gasteiger partial charge on any atom is -0.457 e. The number of rotatable bonds is 6. The van der Waals surface area contributed by atoms with Crippen molar-refractivity contribution in [2.24, 2.45) is 0 Å². The van der Waals surface area contributed by atoms with Crippen LogP contribution in [-0.4, -0.2) is 52.7 Å². The van der Waals surface area contributed by atoms with Crippen molar-refractivity contribution in [2.45, 2.75) is 38.5 Å². The molecule has 0 saturated carbocycles. The van der Waals surface area contributed by atoms with Crippen molar-refractivity contribution in [1.82, 2.24) is 15.4 Å². The van der Waals surface area contributed by atoms with Gasteiger partial charge in [0.25, 0.3) is 5.91 Å². The first-order valence-electron chi connectivity index (χ1n) is 11.5. The molecule has 0 radical (unpaired) electrons. The summed E-state index contributed by atoms with van der Waals surface area (Å²) >= 11 is 0. The van der Waals surface area contributed by atoms with Crippen LogP contribution in [0, 0.1) is 6.92 Å². The second-order valence-electron chi connectivity index (χ2n) is 8.91. The number of carbonyl (C=O) groups is 2. The Bertz CT molecular complexity index is 1180. The second-order valence-corrected chi connectivity index (χ2v) is 8.91. The largest absolute Gasteiger partial charge is 0.457 e. The van der Waals surface area contributed by atoms with Crippen LogP contribution in [-0.2, 0) is 11.3 Å². The van der Waals surface area contributed by atoms with Crippen molar-refractivity contribution < 1.29 is 24.0 Å². The fourth-order valence-electron chi connectivity index (χ4n) is 4.75. The molecule has 2 aliphatic rings. The average Bonchev–Trinajstić information content (AvgIpc) is 3.51. The van der Waals surface area contributed by atoms with E-state index in [4.69, 9.17) is 9.26 Å². The molecular formula is C26H27N3O5. The normalized spacial score (nSPS) is 17.3. The molecule has 0 bridgehead atoms. The molecule has 2 aromatic carbocycles. The first-order valence-corrected chi connectivity index (χ1v) is 11.5. The lowest BCUT2D eigenvalue weighted by Gasteiger charge is -2.33. The van der Waals surface area contributed by atoms with Crippen LogP contribution in [0.3, 0.4) is 0 Å². The number of aromatic nitrogens is 1. The van der Waals surface area contributed by atoms with Crippen LogP contribution in [0.15, 0.2) is 53.3 Å². The van der Waals surface area contributed by atoms with Crippen molar-refractivity contribution in [1.29, 1.82) is 0 Å². The molecule has 2 N–H and O–H groups in total. The smallest absolute Gasteiger partial charge is 0.338 e. The lowest BCUT2D eigenvalue weighted by Crippen LogP contribution is -2.45. The molecule has 3 heterocycles. The summed E-state index contributed by atoms with van der Waals surface area (Å²) in [5.41, 5.74) is 5.47. The standard InChI is InChI=1S/C26H27N3O5/c1-16-20(6-7-21-22(16)15-33-26(21)32)24(30)14-29-11-8-19(9-12-29)27-25(31)18-4-2-17(3-5-18)23-10-13-34-28-23/h2-7,10,13,19,24,30H,8-9,11-12,14-15H2,1H3,(H,27,31). The van der Waals surface area contributed by atoms with E-state index in [-0.39, 0.29) is 24.5 Å². The molecule has 176 valence electrons. The summed E-state index contributed by atoms with van der Waals surface area (Å²) in [5, 5.41) is 17.9. The Kier molecular flexibility index (Phi) is 6.17. The van der Waals surface area contributed by atoms with Gasteiger partial charge in [-0.3, -0.25) is 4.79 Å². The summed E-state index contributed by atoms with van der Waals surface area (Å²) in [7, 11) is 0. The number of fused-ring (bicyclic) bond motifs is 1. The van der Waals surface area contributed by atoms with E-state index in [1.54, 1.807) is 24.3 Å². The Morgan fingerprint density at radius 3 is 2.65 bits per heavy atom. The maximum Gasteiger partial charge on any atom is 0.338 e. The molecule has 1 amide bonds. The van der Waals surface area contributed by atoms with E-state index in [1.165, 1.54) is 6.26 Å². The Morgan fingerprint density at radius 1 is 1.18 bits per heavy atom. The fourth-order valence-corrected chi connectivity index (χ4v) is 4.75. The molecule has 1 fully saturated rings. The highest BCUT2D eigenvalue weighted by Crippen LogP contribution is 2.30. The molecule has 34 heavy (non-hydrogen) atoms. The number of nitrogens with zero attached hydrogens (tertiary/aromatic N) is 2. The van der Waals surface area contributed by atoms with Crippen LogP contribution in [0.2, 0.25) is 0 Å². The van der Waals surface area contributed by atoms with E-state index < -0.39 is 6.10 Å². The average molecular weight is 462 g/mol. The van der Waals surface area contributed by atoms with Crippen LogP contribution in [0.5, 0.6) is 0 Å². The van der Waals surface area contributed by atoms with Crippen LogP contribution >= 0.6 is 0 Å². The van der Waals surface area contributed by atoms with Crippen molar-refractivity contribution in [3.63, 3.8) is 0 Å². The molecule has 8 heteroatoms. The molecule has 1 saturated heterocycles. The lowest BCUT2D eigenvalue weighted by molar-refractivity contribution is 0.0534. The number of hydrogen-bond donors (Lipinski definition) is 2. The third kappa shape index (κ3) is 4.47. The molecule has 1 atom stereocenters. The number of aliphatic hydroxyl groups excluding tert-OH is 1. The topological polar surface area (TPSA) is 105 Å². The first kappa shape index (κ1) is 22.3. The monoisotopic (exact) mass is 461 g/mol. The molecule has 2 aliphatic heterocycles. The van der Waals surface area contributed by atoms with Gasteiger partial charge in [0.15, 0.2) is 0 Å². The van der Waals surface area contributed by atoms with E-state index in [9.17, 15) is 14.7 Å². The Balaban J connectivity index is 1.13. The number of nitrogens with one attached hydrogen (secondary N) is 1. The minimum absolute atomic E-state index is 0.0873. The zero-order valence-electron chi connectivity index (χ0n) is 19.0. The number of amides is 1. The second kappa shape index (κ2) is 9.40. The fraction of sp³-hybridized carbons (Fsp3) is 0.346. The summed E-state index contributed by atoms with van der Waals surface area (Å²) in [6, 6.07) is 12.8. The number of likely N-dealkylation sites (tertiary alicyclic amines) is 1. The quantitative estimate of drug-likeness (QED) is 0.543. The summed E-state index contributed by atoms with van der Waals surface area (Å²) < 4.78 is 9.98. The van der Waals surface area contributed by atoms with Crippen LogP contribution in [0.4, 0.5) is 0 Å². The van der Waals surface area contributed by atoms with Gasteiger partial charge in [-0.05, 0) is 49.1 Å². The van der Waals surface area contributed by atoms with Gasteiger partial charge in [-0.25, -0.2) is 4.79 Å². The van der Waals surface area contributed by atoms with Gasteiger partial charge in [-0.1, -0.05) is 23.4 Å². The molecule has 8 nitrogen and oxygen atoms in total. The van der Waals surface area contributed by atoms with Gasteiger partial charge in [-0.2, -0.15) is 0 Å². The number of aliphatic hydroxyl groups is 1. The number of benzene rings is 2. The number of esters is 1. The third-order valence-corrected chi connectivity index (χ3v) is 6.80. The zero-order chi connectivity index (χ0) is 23.7. The maximum atomic E-state index is 12.7. The van der Waals surface area contributed by atoms with Crippen molar-refractivity contribution in [3.8, 4) is 11.3 Å². The molecular weight excluding hydrogens is 434 g/mol. The Labute approximate surface area is 197 Å². The van der Waals surface area contributed by atoms with E-state index in [0.717, 1.165) is 53.9 Å². The predicted octanol–water partition coefficient (Wildman–Crippen LogP) is 3.25. The number of hydrogen-bond acceptors (Lipinski definition) is 7. The number of β-amino-alcohol motifs (C(OH)–C–C–N with tert-alkyl or cyclic N) is 1. The highest BCUT2D eigenvalue weighted by molar-refractivity contribution is 5.95. The van der Waals surface area contributed by atoms with E-state index >= 15 is 0 Å². The lowest BCUT2D eigenvalue weighted by atomic mass is 9.94. The molecule has 1 unspecified atom stereocenters. The van der Waals surface area contributed by atoms with E-state index in [1.807, 2.05) is 25.1 Å². The molecule has 1 aromatic heterocycles. The van der Waals surface area contributed by atoms with Crippen LogP contribution in [0.25, 0.3) is 11.3 Å². The van der Waals surface area contributed by atoms with Gasteiger partial charge in [0, 0.05) is 48.4 Å². The van der Waals surface area contributed by atoms with Gasteiger partial charge in [0.2, 0.25) is 0 Å². The maximum absolute atomic E-state index is 12.7. The van der Waals surface area contributed by atoms with E-state index in [0.29, 0.717) is 17.7 Å².